The Hall–Kier alpha value is -8.11. The fraction of sp³-hybridized carbons (Fsp3) is 0. The second-order valence-electron chi connectivity index (χ2n) is 18.1. The molecule has 0 spiro atoms. The van der Waals surface area contributed by atoms with Gasteiger partial charge < -0.3 is 26.8 Å². The Balaban J connectivity index is 1.19. The van der Waals surface area contributed by atoms with Crippen molar-refractivity contribution in [2.75, 3.05) is 11.5 Å². The van der Waals surface area contributed by atoms with E-state index in [1.807, 2.05) is 0 Å². The number of phenols is 3. The molecule has 0 amide bonds. The third kappa shape index (κ3) is 15.3. The summed E-state index contributed by atoms with van der Waals surface area (Å²) in [4.78, 5) is -6.67. The van der Waals surface area contributed by atoms with Gasteiger partial charge in [-0.05, 0) is 89.6 Å². The van der Waals surface area contributed by atoms with Gasteiger partial charge in [0.2, 0.25) is 0 Å². The van der Waals surface area contributed by atoms with Crippen LogP contribution in [0.1, 0.15) is 0 Å². The molecule has 16 N–H and O–H groups in total. The summed E-state index contributed by atoms with van der Waals surface area (Å²) in [5.74, 6) is -3.36. The van der Waals surface area contributed by atoms with E-state index in [0.29, 0.717) is 18.1 Å². The minimum Gasteiger partial charge on any atom is -0.505 e. The molecule has 0 aliphatic heterocycles. The lowest BCUT2D eigenvalue weighted by atomic mass is 10.0. The molecule has 0 fully saturated rings. The van der Waals surface area contributed by atoms with Crippen LogP contribution in [-0.4, -0.2) is 101 Å². The quantitative estimate of drug-likeness (QED) is 0.00631. The Bertz CT molecular complexity index is 5390. The first kappa shape index (κ1) is 71.2. The standard InChI is InChI=1S/C46H32N10O30S9/c47-19-4-7-25(30(14-19)88-84-80-61)49-55-40-34(92(67,68)69)12-17-10-29(87-83-79-60)28(15-23(17)43(40)58)52-56-41-35(93(70,71)72)13-18-11-31(89-85-81-62)38(37(48)36(18)44(41)59)53-50-27-9-6-21-24(46(27)95(76,77)78)16-32(90-86-82-63)39(42(21)57)54-51-26-8-5-20-22(45(26)94(73,74)75)2-1-3-33(20)91(64,65)66/h1-16,57-63H,47-48H2,(H,64,65,66)(H,67,68,69)(H,70,71,72)(H,73,74,75)(H,76,77,78). The second kappa shape index (κ2) is 28.3. The fourth-order valence-electron chi connectivity index (χ4n) is 8.83. The molecule has 0 atom stereocenters. The zero-order valence-corrected chi connectivity index (χ0v) is 52.7. The van der Waals surface area contributed by atoms with Crippen LogP contribution in [0.2, 0.25) is 0 Å². The maximum atomic E-state index is 13.4. The SMILES string of the molecule is Nc1ccc(N=Nc2c(S(=O)(=O)O)cc3cc(SOOO)c(N=Nc4c(S(=O)(=O)O)cc5cc(SOOO)c(N=Nc6ccc7c(O)c(N=Nc8ccc9c(S(=O)(=O)O)cccc9c8S(=O)(=O)O)c(SOOO)cc7c6S(=O)(=O)O)c(N)c5c4O)cc3c2O)c(SOOO)c1. The number of hydrogen-bond donors (Lipinski definition) is 14. The smallest absolute Gasteiger partial charge is 0.297 e. The third-order valence-corrected chi connectivity index (χ3v) is 19.6. The summed E-state index contributed by atoms with van der Waals surface area (Å²) in [5.41, 5.74) is 6.02. The van der Waals surface area contributed by atoms with E-state index in [-0.39, 0.29) is 62.7 Å². The van der Waals surface area contributed by atoms with E-state index in [4.69, 9.17) is 32.5 Å². The topological polar surface area (TPSA) is 638 Å². The second-order valence-corrected chi connectivity index (χ2v) is 27.9. The summed E-state index contributed by atoms with van der Waals surface area (Å²) in [6.07, 6.45) is 0. The number of benzene rings is 9. The molecule has 9 rings (SSSR count). The molecule has 0 aliphatic rings. The van der Waals surface area contributed by atoms with E-state index in [2.05, 4.69) is 78.4 Å². The Labute approximate surface area is 544 Å². The van der Waals surface area contributed by atoms with Gasteiger partial charge in [-0.25, -0.2) is 21.0 Å². The molecule has 0 unspecified atom stereocenters. The molecule has 49 heteroatoms. The number of hydrogen-bond acceptors (Lipinski definition) is 39. The Morgan fingerprint density at radius 1 is 0.347 bits per heavy atom. The summed E-state index contributed by atoms with van der Waals surface area (Å²) < 4.78 is 198. The molecule has 0 aliphatic carbocycles. The Kier molecular flexibility index (Phi) is 21.2. The van der Waals surface area contributed by atoms with Crippen molar-refractivity contribution < 1.29 is 139 Å². The third-order valence-electron chi connectivity index (χ3n) is 12.5. The van der Waals surface area contributed by atoms with Gasteiger partial charge in [0.25, 0.3) is 50.6 Å². The molecule has 95 heavy (non-hydrogen) atoms. The van der Waals surface area contributed by atoms with Gasteiger partial charge in [-0.15, -0.1) is 58.2 Å². The van der Waals surface area contributed by atoms with E-state index in [1.54, 1.807) is 0 Å². The summed E-state index contributed by atoms with van der Waals surface area (Å²) >= 11 is 0.510. The van der Waals surface area contributed by atoms with Gasteiger partial charge >= 0.3 is 0 Å². The number of azo groups is 4. The van der Waals surface area contributed by atoms with Crippen LogP contribution in [0.15, 0.2) is 182 Å². The van der Waals surface area contributed by atoms with Gasteiger partial charge in [0, 0.05) is 32.6 Å². The molecule has 0 heterocycles. The molecule has 500 valence electrons. The van der Waals surface area contributed by atoms with Crippen LogP contribution in [0, 0.1) is 0 Å². The van der Waals surface area contributed by atoms with Gasteiger partial charge in [0.1, 0.15) is 70.0 Å². The van der Waals surface area contributed by atoms with Crippen LogP contribution in [0.3, 0.4) is 0 Å². The molecule has 0 saturated carbocycles. The largest absolute Gasteiger partial charge is 0.505 e. The average Bonchev–Trinajstić information content (AvgIpc) is 0.763. The van der Waals surface area contributed by atoms with Crippen molar-refractivity contribution in [1.29, 1.82) is 0 Å². The summed E-state index contributed by atoms with van der Waals surface area (Å²) in [5, 5.41) is 113. The number of fused-ring (bicyclic) bond motifs is 4. The van der Waals surface area contributed by atoms with Crippen molar-refractivity contribution in [3.63, 3.8) is 0 Å². The normalized spacial score (nSPS) is 13.0. The molecule has 9 aromatic carbocycles. The van der Waals surface area contributed by atoms with Crippen LogP contribution in [-0.2, 0) is 88.1 Å². The Morgan fingerprint density at radius 2 is 0.779 bits per heavy atom. The highest BCUT2D eigenvalue weighted by Gasteiger charge is 2.31. The summed E-state index contributed by atoms with van der Waals surface area (Å²) in [6, 6.07) is 15.5. The number of aromatic hydroxyl groups is 3. The lowest BCUT2D eigenvalue weighted by Crippen LogP contribution is -2.03. The van der Waals surface area contributed by atoms with Crippen LogP contribution < -0.4 is 11.5 Å². The lowest BCUT2D eigenvalue weighted by molar-refractivity contribution is -0.432. The van der Waals surface area contributed by atoms with Crippen LogP contribution in [0.4, 0.5) is 56.9 Å². The molecule has 0 bridgehead atoms. The van der Waals surface area contributed by atoms with E-state index < -0.39 is 185 Å². The zero-order valence-electron chi connectivity index (χ0n) is 45.4. The first-order valence-corrected chi connectivity index (χ1v) is 34.3. The first-order valence-electron chi connectivity index (χ1n) is 24.1. The molecule has 0 aromatic heterocycles. The average molecular weight is 1490 g/mol. The number of nitrogens with two attached hydrogens (primary N) is 2. The fourth-order valence-corrected chi connectivity index (χ4v) is 14.4. The van der Waals surface area contributed by atoms with Crippen molar-refractivity contribution in [3.05, 3.63) is 97.1 Å². The van der Waals surface area contributed by atoms with E-state index in [9.17, 15) is 80.2 Å². The minimum atomic E-state index is -5.59. The lowest BCUT2D eigenvalue weighted by Gasteiger charge is -2.15. The number of nitrogens with zero attached hydrogens (tertiary/aromatic N) is 8. The molecular formula is C46H32N10O30S9. The predicted molar refractivity (Wildman–Crippen MR) is 324 cm³/mol. The van der Waals surface area contributed by atoms with Crippen LogP contribution in [0.25, 0.3) is 43.1 Å². The maximum Gasteiger partial charge on any atom is 0.297 e. The summed E-state index contributed by atoms with van der Waals surface area (Å²) in [6.45, 7) is 0. The molecule has 0 radical (unpaired) electrons. The van der Waals surface area contributed by atoms with Gasteiger partial charge in [0.15, 0.2) is 17.2 Å². The van der Waals surface area contributed by atoms with Crippen molar-refractivity contribution in [2.45, 2.75) is 44.1 Å². The zero-order chi connectivity index (χ0) is 69.3. The van der Waals surface area contributed by atoms with Gasteiger partial charge in [0.05, 0.1) is 78.8 Å². The number of phenolic OH excluding ortho intramolecular Hbond substituents is 3. The molecule has 9 aromatic rings. The monoisotopic (exact) mass is 1490 g/mol. The van der Waals surface area contributed by atoms with Crippen LogP contribution >= 0.6 is 48.2 Å². The minimum absolute atomic E-state index is 0.00826. The van der Waals surface area contributed by atoms with E-state index in [0.717, 1.165) is 72.8 Å². The number of rotatable bonds is 25. The number of anilines is 2. The molecule has 0 saturated heterocycles. The maximum absolute atomic E-state index is 13.4. The summed E-state index contributed by atoms with van der Waals surface area (Å²) in [7, 11) is -26.7. The van der Waals surface area contributed by atoms with Crippen LogP contribution in [0.5, 0.6) is 17.2 Å². The van der Waals surface area contributed by atoms with E-state index >= 15 is 0 Å². The highest BCUT2D eigenvalue weighted by atomic mass is 32.2. The first-order chi connectivity index (χ1) is 44.7. The number of nitrogen functional groups attached to an aromatic ring is 2. The highest BCUT2D eigenvalue weighted by molar-refractivity contribution is 7.95. The van der Waals surface area contributed by atoms with Crippen molar-refractivity contribution in [2.24, 2.45) is 40.9 Å². The Morgan fingerprint density at radius 3 is 1.33 bits per heavy atom. The molecule has 40 nitrogen and oxygen atoms in total. The van der Waals surface area contributed by atoms with Gasteiger partial charge in [-0.1, -0.05) is 38.4 Å². The van der Waals surface area contributed by atoms with E-state index in [1.165, 1.54) is 18.2 Å². The van der Waals surface area contributed by atoms with Crippen molar-refractivity contribution in [3.8, 4) is 17.2 Å². The van der Waals surface area contributed by atoms with Crippen molar-refractivity contribution in [1.82, 2.24) is 0 Å². The van der Waals surface area contributed by atoms with Crippen molar-refractivity contribution >= 4 is 199 Å². The highest BCUT2D eigenvalue weighted by Crippen LogP contribution is 2.53. The predicted octanol–water partition coefficient (Wildman–Crippen LogP) is 12.2. The van der Waals surface area contributed by atoms with Gasteiger partial charge in [-0.2, -0.15) is 42.1 Å². The molecular weight excluding hydrogens is 1460 g/mol. The van der Waals surface area contributed by atoms with Gasteiger partial charge in [-0.3, -0.25) is 22.8 Å².